The summed E-state index contributed by atoms with van der Waals surface area (Å²) in [6.45, 7) is 8.87. The summed E-state index contributed by atoms with van der Waals surface area (Å²) >= 11 is 0. The van der Waals surface area contributed by atoms with Gasteiger partial charge in [0.1, 0.15) is 18.1 Å². The first-order chi connectivity index (χ1) is 16.1. The summed E-state index contributed by atoms with van der Waals surface area (Å²) in [7, 11) is 3.07. The maximum Gasteiger partial charge on any atom is 0.185 e. The Morgan fingerprint density at radius 3 is 2.32 bits per heavy atom. The van der Waals surface area contributed by atoms with E-state index in [0.717, 1.165) is 33.8 Å². The third-order valence-electron chi connectivity index (χ3n) is 5.52. The Bertz CT molecular complexity index is 1200. The lowest BCUT2D eigenvalue weighted by Crippen LogP contribution is -2.13. The van der Waals surface area contributed by atoms with E-state index in [-0.39, 0.29) is 22.7 Å². The fourth-order valence-corrected chi connectivity index (χ4v) is 3.64. The van der Waals surface area contributed by atoms with Crippen molar-refractivity contribution in [3.8, 4) is 23.0 Å². The highest BCUT2D eigenvalue weighted by molar-refractivity contribution is 6.07. The number of methoxy groups -OCH3 is 2. The van der Waals surface area contributed by atoms with Crippen molar-refractivity contribution in [1.82, 2.24) is 0 Å². The molecule has 0 aromatic heterocycles. The maximum absolute atomic E-state index is 12.6. The molecule has 178 valence electrons. The summed E-state index contributed by atoms with van der Waals surface area (Å²) < 4.78 is 16.9. The smallest absolute Gasteiger partial charge is 0.185 e. The fourth-order valence-electron chi connectivity index (χ4n) is 3.64. The van der Waals surface area contributed by atoms with E-state index >= 15 is 0 Å². The minimum absolute atomic E-state index is 0.00828. The quantitative estimate of drug-likeness (QED) is 0.307. The molecule has 0 fully saturated rings. The second-order valence-electron chi connectivity index (χ2n) is 9.19. The third kappa shape index (κ3) is 5.98. The number of ether oxygens (including phenoxy) is 3. The van der Waals surface area contributed by atoms with Gasteiger partial charge in [0.15, 0.2) is 17.3 Å². The molecule has 34 heavy (non-hydrogen) atoms. The van der Waals surface area contributed by atoms with E-state index in [9.17, 15) is 9.90 Å². The Balaban J connectivity index is 1.82. The normalized spacial score (nSPS) is 11.5. The molecule has 0 atom stereocenters. The van der Waals surface area contributed by atoms with Gasteiger partial charge in [0.05, 0.1) is 14.2 Å². The Morgan fingerprint density at radius 1 is 0.912 bits per heavy atom. The summed E-state index contributed by atoms with van der Waals surface area (Å²) in [6, 6.07) is 16.5. The van der Waals surface area contributed by atoms with Crippen LogP contribution in [0.2, 0.25) is 0 Å². The van der Waals surface area contributed by atoms with Gasteiger partial charge in [-0.3, -0.25) is 4.79 Å². The molecule has 3 aromatic rings. The molecule has 5 heteroatoms. The number of carbonyl (C=O) groups is 1. The third-order valence-corrected chi connectivity index (χ3v) is 5.52. The molecular formula is C29H32O5. The molecule has 0 unspecified atom stereocenters. The van der Waals surface area contributed by atoms with Gasteiger partial charge < -0.3 is 19.3 Å². The molecule has 0 bridgehead atoms. The molecule has 0 aliphatic rings. The van der Waals surface area contributed by atoms with Gasteiger partial charge in [-0.25, -0.2) is 0 Å². The summed E-state index contributed by atoms with van der Waals surface area (Å²) in [5, 5.41) is 9.74. The second-order valence-corrected chi connectivity index (χ2v) is 9.19. The van der Waals surface area contributed by atoms with Crippen LogP contribution in [-0.2, 0) is 12.0 Å². The van der Waals surface area contributed by atoms with Crippen molar-refractivity contribution < 1.29 is 24.1 Å². The van der Waals surface area contributed by atoms with E-state index in [0.29, 0.717) is 12.2 Å². The first-order valence-electron chi connectivity index (χ1n) is 11.1. The number of hydrogen-bond donors (Lipinski definition) is 1. The zero-order valence-corrected chi connectivity index (χ0v) is 20.6. The largest absolute Gasteiger partial charge is 0.504 e. The van der Waals surface area contributed by atoms with Crippen LogP contribution in [0.3, 0.4) is 0 Å². The molecule has 1 N–H and O–H groups in total. The van der Waals surface area contributed by atoms with E-state index < -0.39 is 0 Å². The number of phenolic OH excluding ortho intramolecular Hbond substituents is 1. The lowest BCUT2D eigenvalue weighted by atomic mass is 9.86. The molecule has 0 spiro atoms. The summed E-state index contributed by atoms with van der Waals surface area (Å²) in [5.41, 5.74) is 4.38. The SMILES string of the molecule is COc1cc(C(=O)/C=C/c2ccc(OC)c(COc3cc(C)ccc3C(C)(C)C)c2)ccc1O. The van der Waals surface area contributed by atoms with Crippen molar-refractivity contribution in [1.29, 1.82) is 0 Å². The minimum atomic E-state index is -0.193. The number of rotatable bonds is 8. The van der Waals surface area contributed by atoms with Crippen LogP contribution in [0.4, 0.5) is 0 Å². The van der Waals surface area contributed by atoms with Crippen LogP contribution in [0.5, 0.6) is 23.0 Å². The van der Waals surface area contributed by atoms with E-state index in [1.54, 1.807) is 19.3 Å². The van der Waals surface area contributed by atoms with Crippen LogP contribution in [0, 0.1) is 6.92 Å². The summed E-state index contributed by atoms with van der Waals surface area (Å²) in [4.78, 5) is 12.6. The predicted octanol–water partition coefficient (Wildman–Crippen LogP) is 6.49. The van der Waals surface area contributed by atoms with E-state index in [1.807, 2.05) is 25.1 Å². The van der Waals surface area contributed by atoms with Gasteiger partial charge in [0.25, 0.3) is 0 Å². The van der Waals surface area contributed by atoms with Crippen LogP contribution >= 0.6 is 0 Å². The molecule has 3 rings (SSSR count). The number of benzene rings is 3. The lowest BCUT2D eigenvalue weighted by Gasteiger charge is -2.23. The van der Waals surface area contributed by atoms with Gasteiger partial charge in [-0.1, -0.05) is 45.0 Å². The average Bonchev–Trinajstić information content (AvgIpc) is 2.80. The molecule has 0 saturated carbocycles. The van der Waals surface area contributed by atoms with Crippen LogP contribution in [-0.4, -0.2) is 25.1 Å². The number of allylic oxidation sites excluding steroid dienone is 1. The highest BCUT2D eigenvalue weighted by Gasteiger charge is 2.19. The van der Waals surface area contributed by atoms with Gasteiger partial charge in [0.2, 0.25) is 0 Å². The Labute approximate surface area is 201 Å². The van der Waals surface area contributed by atoms with Gasteiger partial charge in [0, 0.05) is 11.1 Å². The van der Waals surface area contributed by atoms with Crippen molar-refractivity contribution in [3.63, 3.8) is 0 Å². The standard InChI is InChI=1S/C29H32O5/c1-19-7-11-23(29(2,3)4)27(15-19)34-18-22-16-20(9-14-26(22)32-5)8-12-24(30)21-10-13-25(31)28(17-21)33-6/h7-17,31H,18H2,1-6H3/b12-8+. The van der Waals surface area contributed by atoms with Gasteiger partial charge in [-0.05, 0) is 71.5 Å². The highest BCUT2D eigenvalue weighted by Crippen LogP contribution is 2.33. The molecule has 5 nitrogen and oxygen atoms in total. The van der Waals surface area contributed by atoms with Crippen LogP contribution in [0.25, 0.3) is 6.08 Å². The topological polar surface area (TPSA) is 65.0 Å². The molecule has 0 heterocycles. The monoisotopic (exact) mass is 460 g/mol. The van der Waals surface area contributed by atoms with Gasteiger partial charge in [-0.15, -0.1) is 0 Å². The molecule has 0 aliphatic carbocycles. The zero-order chi connectivity index (χ0) is 24.9. The Morgan fingerprint density at radius 2 is 1.65 bits per heavy atom. The molecule has 0 radical (unpaired) electrons. The number of hydrogen-bond acceptors (Lipinski definition) is 5. The maximum atomic E-state index is 12.6. The lowest BCUT2D eigenvalue weighted by molar-refractivity contribution is 0.104. The summed E-state index contributed by atoms with van der Waals surface area (Å²) in [6.07, 6.45) is 3.24. The van der Waals surface area contributed by atoms with Gasteiger partial charge in [-0.2, -0.15) is 0 Å². The van der Waals surface area contributed by atoms with Crippen molar-refractivity contribution in [3.05, 3.63) is 88.5 Å². The van der Waals surface area contributed by atoms with Crippen molar-refractivity contribution >= 4 is 11.9 Å². The zero-order valence-electron chi connectivity index (χ0n) is 20.6. The van der Waals surface area contributed by atoms with Crippen LogP contribution in [0.1, 0.15) is 53.4 Å². The van der Waals surface area contributed by atoms with E-state index in [1.165, 1.54) is 25.3 Å². The fraction of sp³-hybridized carbons (Fsp3) is 0.276. The predicted molar refractivity (Wildman–Crippen MR) is 135 cm³/mol. The van der Waals surface area contributed by atoms with Crippen LogP contribution < -0.4 is 14.2 Å². The summed E-state index contributed by atoms with van der Waals surface area (Å²) in [5.74, 6) is 1.63. The Hall–Kier alpha value is -3.73. The van der Waals surface area contributed by atoms with Gasteiger partial charge >= 0.3 is 0 Å². The Kier molecular flexibility index (Phi) is 7.67. The second kappa shape index (κ2) is 10.5. The van der Waals surface area contributed by atoms with Crippen molar-refractivity contribution in [2.75, 3.05) is 14.2 Å². The number of phenols is 1. The molecular weight excluding hydrogens is 428 g/mol. The number of aromatic hydroxyl groups is 1. The van der Waals surface area contributed by atoms with Crippen molar-refractivity contribution in [2.45, 2.75) is 39.7 Å². The van der Waals surface area contributed by atoms with E-state index in [2.05, 4.69) is 39.0 Å². The minimum Gasteiger partial charge on any atom is -0.504 e. The van der Waals surface area contributed by atoms with E-state index in [4.69, 9.17) is 14.2 Å². The first-order valence-corrected chi connectivity index (χ1v) is 11.1. The first kappa shape index (κ1) is 24.9. The molecule has 3 aromatic carbocycles. The number of carbonyl (C=O) groups excluding carboxylic acids is 1. The highest BCUT2D eigenvalue weighted by atomic mass is 16.5. The van der Waals surface area contributed by atoms with Crippen molar-refractivity contribution in [2.24, 2.45) is 0 Å². The molecule has 0 aliphatic heterocycles. The average molecular weight is 461 g/mol. The molecule has 0 saturated heterocycles. The number of aryl methyl sites for hydroxylation is 1. The van der Waals surface area contributed by atoms with Crippen LogP contribution in [0.15, 0.2) is 60.7 Å². The number of ketones is 1. The molecule has 0 amide bonds.